The summed E-state index contributed by atoms with van der Waals surface area (Å²) in [7, 11) is 1.61. The lowest BCUT2D eigenvalue weighted by atomic mass is 10.2. The quantitative estimate of drug-likeness (QED) is 0.466. The molecular formula is C17H19N3O2S. The van der Waals surface area contributed by atoms with Crippen molar-refractivity contribution in [2.45, 2.75) is 4.90 Å². The summed E-state index contributed by atoms with van der Waals surface area (Å²) in [5.74, 6) is 0.565. The molecule has 0 saturated heterocycles. The van der Waals surface area contributed by atoms with Gasteiger partial charge < -0.3 is 10.1 Å². The molecule has 0 spiro atoms. The maximum absolute atomic E-state index is 11.7. The molecule has 0 aliphatic rings. The summed E-state index contributed by atoms with van der Waals surface area (Å²) in [6.45, 7) is 0.148. The van der Waals surface area contributed by atoms with Crippen LogP contribution < -0.4 is 15.5 Å². The molecule has 0 unspecified atom stereocenters. The summed E-state index contributed by atoms with van der Waals surface area (Å²) in [6.07, 6.45) is 3.65. The van der Waals surface area contributed by atoms with Crippen LogP contribution in [0.15, 0.2) is 58.5 Å². The van der Waals surface area contributed by atoms with Gasteiger partial charge >= 0.3 is 0 Å². The van der Waals surface area contributed by atoms with Gasteiger partial charge in [-0.1, -0.05) is 12.1 Å². The Hall–Kier alpha value is -2.47. The molecule has 6 heteroatoms. The number of anilines is 1. The van der Waals surface area contributed by atoms with Gasteiger partial charge in [0, 0.05) is 10.6 Å². The van der Waals surface area contributed by atoms with Gasteiger partial charge in [0.15, 0.2) is 0 Å². The molecule has 0 aliphatic heterocycles. The largest absolute Gasteiger partial charge is 0.497 e. The van der Waals surface area contributed by atoms with Crippen LogP contribution in [0.2, 0.25) is 0 Å². The van der Waals surface area contributed by atoms with Crippen molar-refractivity contribution in [1.29, 1.82) is 0 Å². The molecule has 0 aromatic heterocycles. The van der Waals surface area contributed by atoms with Crippen LogP contribution in [-0.4, -0.2) is 32.0 Å². The van der Waals surface area contributed by atoms with Gasteiger partial charge in [-0.3, -0.25) is 4.79 Å². The fourth-order valence-electron chi connectivity index (χ4n) is 1.80. The van der Waals surface area contributed by atoms with E-state index >= 15 is 0 Å². The smallest absolute Gasteiger partial charge is 0.259 e. The highest BCUT2D eigenvalue weighted by Crippen LogP contribution is 2.15. The van der Waals surface area contributed by atoms with E-state index in [0.717, 1.165) is 17.0 Å². The molecule has 0 atom stereocenters. The average Bonchev–Trinajstić information content (AvgIpc) is 2.61. The number of nitrogens with one attached hydrogen (secondary N) is 2. The molecular weight excluding hydrogens is 310 g/mol. The molecule has 1 amide bonds. The summed E-state index contributed by atoms with van der Waals surface area (Å²) in [5.41, 5.74) is 4.27. The highest BCUT2D eigenvalue weighted by molar-refractivity contribution is 7.98. The number of methoxy groups -OCH3 is 1. The molecule has 2 N–H and O–H groups in total. The Kier molecular flexibility index (Phi) is 6.50. The zero-order chi connectivity index (χ0) is 16.5. The van der Waals surface area contributed by atoms with Crippen LogP contribution in [0.5, 0.6) is 5.75 Å². The maximum atomic E-state index is 11.7. The van der Waals surface area contributed by atoms with Crippen molar-refractivity contribution in [2.75, 3.05) is 25.2 Å². The van der Waals surface area contributed by atoms with Crippen molar-refractivity contribution >= 4 is 29.6 Å². The van der Waals surface area contributed by atoms with E-state index in [0.29, 0.717) is 0 Å². The van der Waals surface area contributed by atoms with Gasteiger partial charge in [0.25, 0.3) is 5.91 Å². The van der Waals surface area contributed by atoms with Gasteiger partial charge in [0.2, 0.25) is 0 Å². The number of rotatable bonds is 7. The lowest BCUT2D eigenvalue weighted by Gasteiger charge is -2.06. The minimum atomic E-state index is -0.210. The van der Waals surface area contributed by atoms with Crippen molar-refractivity contribution in [2.24, 2.45) is 5.10 Å². The number of amides is 1. The van der Waals surface area contributed by atoms with Gasteiger partial charge in [0.05, 0.1) is 19.9 Å². The number of benzene rings is 2. The third kappa shape index (κ3) is 5.67. The normalized spacial score (nSPS) is 10.5. The molecule has 0 heterocycles. The number of carbonyl (C=O) groups excluding carboxylic acids is 1. The highest BCUT2D eigenvalue weighted by Gasteiger charge is 1.99. The van der Waals surface area contributed by atoms with Crippen molar-refractivity contribution < 1.29 is 9.53 Å². The van der Waals surface area contributed by atoms with Crippen LogP contribution in [0.1, 0.15) is 5.56 Å². The molecule has 0 aliphatic carbocycles. The first-order valence-electron chi connectivity index (χ1n) is 7.05. The molecule has 2 rings (SSSR count). The fraction of sp³-hybridized carbons (Fsp3) is 0.176. The van der Waals surface area contributed by atoms with Gasteiger partial charge in [0.1, 0.15) is 5.75 Å². The Labute approximate surface area is 140 Å². The minimum Gasteiger partial charge on any atom is -0.497 e. The summed E-state index contributed by atoms with van der Waals surface area (Å²) in [6, 6.07) is 15.3. The van der Waals surface area contributed by atoms with Gasteiger partial charge in [-0.05, 0) is 48.2 Å². The van der Waals surface area contributed by atoms with Crippen molar-refractivity contribution in [3.63, 3.8) is 0 Å². The van der Waals surface area contributed by atoms with E-state index in [-0.39, 0.29) is 12.5 Å². The molecule has 5 nitrogen and oxygen atoms in total. The van der Waals surface area contributed by atoms with Crippen LogP contribution in [0.3, 0.4) is 0 Å². The van der Waals surface area contributed by atoms with E-state index in [1.54, 1.807) is 25.1 Å². The molecule has 2 aromatic rings. The van der Waals surface area contributed by atoms with Crippen molar-refractivity contribution in [1.82, 2.24) is 5.43 Å². The third-order valence-electron chi connectivity index (χ3n) is 3.06. The molecule has 23 heavy (non-hydrogen) atoms. The molecule has 0 saturated carbocycles. The zero-order valence-corrected chi connectivity index (χ0v) is 13.9. The summed E-state index contributed by atoms with van der Waals surface area (Å²) >= 11 is 1.68. The predicted molar refractivity (Wildman–Crippen MR) is 95.4 cm³/mol. The number of carbonyl (C=O) groups is 1. The maximum Gasteiger partial charge on any atom is 0.259 e. The molecule has 0 radical (unpaired) electrons. The average molecular weight is 329 g/mol. The number of hydrogen-bond acceptors (Lipinski definition) is 5. The SMILES string of the molecule is COc1ccc(NCC(=O)NN=Cc2ccc(SC)cc2)cc1. The number of nitrogens with zero attached hydrogens (tertiary/aromatic N) is 1. The van der Waals surface area contributed by atoms with E-state index in [1.807, 2.05) is 54.8 Å². The van der Waals surface area contributed by atoms with Crippen molar-refractivity contribution in [3.05, 3.63) is 54.1 Å². The second kappa shape index (κ2) is 8.85. The predicted octanol–water partition coefficient (Wildman–Crippen LogP) is 2.98. The van der Waals surface area contributed by atoms with E-state index < -0.39 is 0 Å². The number of thioether (sulfide) groups is 1. The van der Waals surface area contributed by atoms with Gasteiger partial charge in [-0.15, -0.1) is 11.8 Å². The first kappa shape index (κ1) is 16.9. The Morgan fingerprint density at radius 2 is 1.87 bits per heavy atom. The van der Waals surface area contributed by atoms with Crippen LogP contribution in [0.25, 0.3) is 0 Å². The number of hydrazone groups is 1. The molecule has 0 fully saturated rings. The molecule has 120 valence electrons. The van der Waals surface area contributed by atoms with E-state index in [1.165, 1.54) is 4.90 Å². The lowest BCUT2D eigenvalue weighted by Crippen LogP contribution is -2.25. The monoisotopic (exact) mass is 329 g/mol. The lowest BCUT2D eigenvalue weighted by molar-refractivity contribution is -0.119. The first-order valence-corrected chi connectivity index (χ1v) is 8.27. The van der Waals surface area contributed by atoms with E-state index in [4.69, 9.17) is 4.74 Å². The highest BCUT2D eigenvalue weighted by atomic mass is 32.2. The third-order valence-corrected chi connectivity index (χ3v) is 3.81. The molecule has 0 bridgehead atoms. The van der Waals surface area contributed by atoms with E-state index in [2.05, 4.69) is 15.8 Å². The second-order valence-electron chi connectivity index (χ2n) is 4.65. The summed E-state index contributed by atoms with van der Waals surface area (Å²) in [4.78, 5) is 12.9. The van der Waals surface area contributed by atoms with E-state index in [9.17, 15) is 4.79 Å². The Bertz CT molecular complexity index is 655. The van der Waals surface area contributed by atoms with Crippen LogP contribution >= 0.6 is 11.8 Å². The Morgan fingerprint density at radius 3 is 2.48 bits per heavy atom. The summed E-state index contributed by atoms with van der Waals surface area (Å²) in [5, 5.41) is 6.96. The number of ether oxygens (including phenoxy) is 1. The topological polar surface area (TPSA) is 62.7 Å². The van der Waals surface area contributed by atoms with Crippen LogP contribution in [0, 0.1) is 0 Å². The molecule has 2 aromatic carbocycles. The zero-order valence-electron chi connectivity index (χ0n) is 13.1. The first-order chi connectivity index (χ1) is 11.2. The standard InChI is InChI=1S/C17H19N3O2S/c1-22-15-7-5-14(6-8-15)18-12-17(21)20-19-11-13-3-9-16(23-2)10-4-13/h3-11,18H,12H2,1-2H3,(H,20,21). The van der Waals surface area contributed by atoms with Crippen molar-refractivity contribution in [3.8, 4) is 5.75 Å². The second-order valence-corrected chi connectivity index (χ2v) is 5.53. The fourth-order valence-corrected chi connectivity index (χ4v) is 2.21. The van der Waals surface area contributed by atoms with Gasteiger partial charge in [-0.25, -0.2) is 5.43 Å². The number of hydrogen-bond donors (Lipinski definition) is 2. The van der Waals surface area contributed by atoms with Gasteiger partial charge in [-0.2, -0.15) is 5.10 Å². The minimum absolute atomic E-state index is 0.148. The Balaban J connectivity index is 1.76. The van der Waals surface area contributed by atoms with Crippen LogP contribution in [0.4, 0.5) is 5.69 Å². The Morgan fingerprint density at radius 1 is 1.17 bits per heavy atom. The summed E-state index contributed by atoms with van der Waals surface area (Å²) < 4.78 is 5.08. The van der Waals surface area contributed by atoms with Crippen LogP contribution in [-0.2, 0) is 4.79 Å².